The van der Waals surface area contributed by atoms with Gasteiger partial charge in [0.25, 0.3) is 5.91 Å². The van der Waals surface area contributed by atoms with E-state index in [0.29, 0.717) is 19.7 Å². The summed E-state index contributed by atoms with van der Waals surface area (Å²) in [6.07, 6.45) is 5.56. The van der Waals surface area contributed by atoms with Gasteiger partial charge in [-0.15, -0.1) is 0 Å². The lowest BCUT2D eigenvalue weighted by molar-refractivity contribution is -0.161. The molecule has 2 amide bonds. The van der Waals surface area contributed by atoms with Crippen LogP contribution < -0.4 is 0 Å². The minimum atomic E-state index is -0.219. The molecule has 4 rings (SSSR count). The first-order valence-corrected chi connectivity index (χ1v) is 10.9. The van der Waals surface area contributed by atoms with Crippen molar-refractivity contribution >= 4 is 11.8 Å². The highest BCUT2D eigenvalue weighted by Crippen LogP contribution is 2.36. The van der Waals surface area contributed by atoms with E-state index in [-0.39, 0.29) is 30.1 Å². The Labute approximate surface area is 173 Å². The Balaban J connectivity index is 1.28. The molecule has 1 atom stereocenters. The van der Waals surface area contributed by atoms with Crippen molar-refractivity contribution in [2.75, 3.05) is 39.4 Å². The van der Waals surface area contributed by atoms with Crippen LogP contribution in [-0.2, 0) is 14.3 Å². The molecule has 0 N–H and O–H groups in total. The first-order chi connectivity index (χ1) is 14.0. The van der Waals surface area contributed by atoms with Crippen LogP contribution in [-0.4, -0.2) is 72.7 Å². The molecule has 3 aliphatic heterocycles. The fourth-order valence-corrected chi connectivity index (χ4v) is 4.80. The molecule has 1 aromatic carbocycles. The number of hydrogen-bond donors (Lipinski definition) is 0. The van der Waals surface area contributed by atoms with Crippen LogP contribution in [0.15, 0.2) is 24.3 Å². The number of carbonyl (C=O) groups is 2. The zero-order valence-electron chi connectivity index (χ0n) is 17.4. The number of aryl methyl sites for hydroxylation is 1. The van der Waals surface area contributed by atoms with E-state index in [1.807, 2.05) is 41.0 Å². The van der Waals surface area contributed by atoms with Crippen molar-refractivity contribution in [3.05, 3.63) is 35.4 Å². The zero-order valence-corrected chi connectivity index (χ0v) is 17.4. The molecule has 0 radical (unpaired) electrons. The van der Waals surface area contributed by atoms with Crippen LogP contribution in [0.1, 0.15) is 54.4 Å². The lowest BCUT2D eigenvalue weighted by Gasteiger charge is -2.46. The summed E-state index contributed by atoms with van der Waals surface area (Å²) in [7, 11) is 0. The van der Waals surface area contributed by atoms with Gasteiger partial charge in [0.05, 0.1) is 11.7 Å². The fourth-order valence-electron chi connectivity index (χ4n) is 4.80. The van der Waals surface area contributed by atoms with Gasteiger partial charge < -0.3 is 19.3 Å². The second kappa shape index (κ2) is 8.84. The molecular formula is C23H32N2O4. The standard InChI is InChI=1S/C23H32N2O4/c1-18-5-4-6-19(15-18)22(27)25-12-8-23(9-13-25)16-20(7-14-29-23)28-17-21(26)24-10-2-3-11-24/h4-6,15,20H,2-3,7-14,16-17H2,1H3. The Morgan fingerprint density at radius 1 is 1.14 bits per heavy atom. The predicted molar refractivity (Wildman–Crippen MR) is 110 cm³/mol. The fraction of sp³-hybridized carbons (Fsp3) is 0.652. The molecule has 0 aliphatic carbocycles. The van der Waals surface area contributed by atoms with Gasteiger partial charge in [0, 0.05) is 44.8 Å². The lowest BCUT2D eigenvalue weighted by atomic mass is 9.83. The number of amides is 2. The largest absolute Gasteiger partial charge is 0.375 e. The van der Waals surface area contributed by atoms with Crippen LogP contribution in [0.3, 0.4) is 0 Å². The lowest BCUT2D eigenvalue weighted by Crippen LogP contribution is -2.52. The van der Waals surface area contributed by atoms with Gasteiger partial charge in [0.2, 0.25) is 5.91 Å². The van der Waals surface area contributed by atoms with E-state index in [1.54, 1.807) is 0 Å². The van der Waals surface area contributed by atoms with Crippen molar-refractivity contribution in [3.8, 4) is 0 Å². The van der Waals surface area contributed by atoms with Crippen molar-refractivity contribution in [2.45, 2.75) is 57.2 Å². The highest BCUT2D eigenvalue weighted by molar-refractivity contribution is 5.94. The van der Waals surface area contributed by atoms with Gasteiger partial charge in [-0.3, -0.25) is 9.59 Å². The number of benzene rings is 1. The average Bonchev–Trinajstić information content (AvgIpc) is 3.27. The first-order valence-electron chi connectivity index (χ1n) is 10.9. The molecule has 29 heavy (non-hydrogen) atoms. The molecule has 1 spiro atoms. The number of likely N-dealkylation sites (tertiary alicyclic amines) is 2. The average molecular weight is 401 g/mol. The van der Waals surface area contributed by atoms with E-state index in [0.717, 1.165) is 62.7 Å². The Bertz CT molecular complexity index is 736. The van der Waals surface area contributed by atoms with Gasteiger partial charge in [-0.2, -0.15) is 0 Å². The van der Waals surface area contributed by atoms with Crippen molar-refractivity contribution in [1.29, 1.82) is 0 Å². The van der Waals surface area contributed by atoms with E-state index in [9.17, 15) is 9.59 Å². The van der Waals surface area contributed by atoms with Crippen LogP contribution in [0.2, 0.25) is 0 Å². The van der Waals surface area contributed by atoms with Gasteiger partial charge in [-0.05, 0) is 51.2 Å². The number of piperidine rings is 1. The molecule has 0 bridgehead atoms. The zero-order chi connectivity index (χ0) is 20.3. The third-order valence-corrected chi connectivity index (χ3v) is 6.58. The molecule has 3 fully saturated rings. The summed E-state index contributed by atoms with van der Waals surface area (Å²) in [6, 6.07) is 7.78. The quantitative estimate of drug-likeness (QED) is 0.780. The van der Waals surface area contributed by atoms with Crippen LogP contribution in [0.4, 0.5) is 0 Å². The maximum absolute atomic E-state index is 12.8. The molecule has 6 nitrogen and oxygen atoms in total. The molecule has 158 valence electrons. The number of hydrogen-bond acceptors (Lipinski definition) is 4. The summed E-state index contributed by atoms with van der Waals surface area (Å²) in [5.41, 5.74) is 1.64. The van der Waals surface area contributed by atoms with E-state index >= 15 is 0 Å². The summed E-state index contributed by atoms with van der Waals surface area (Å²) >= 11 is 0. The van der Waals surface area contributed by atoms with Crippen LogP contribution in [0.25, 0.3) is 0 Å². The van der Waals surface area contributed by atoms with Crippen LogP contribution in [0.5, 0.6) is 0 Å². The van der Waals surface area contributed by atoms with Crippen molar-refractivity contribution in [1.82, 2.24) is 9.80 Å². The molecule has 1 unspecified atom stereocenters. The normalized spacial score (nSPS) is 24.1. The third-order valence-electron chi connectivity index (χ3n) is 6.58. The number of carbonyl (C=O) groups excluding carboxylic acids is 2. The highest BCUT2D eigenvalue weighted by Gasteiger charge is 2.41. The molecule has 3 aliphatic rings. The Kier molecular flexibility index (Phi) is 6.20. The molecule has 6 heteroatoms. The molecule has 1 aromatic rings. The number of ether oxygens (including phenoxy) is 2. The molecule has 0 aromatic heterocycles. The third kappa shape index (κ3) is 4.81. The summed E-state index contributed by atoms with van der Waals surface area (Å²) in [6.45, 7) is 5.98. The highest BCUT2D eigenvalue weighted by atomic mass is 16.5. The van der Waals surface area contributed by atoms with E-state index in [2.05, 4.69) is 0 Å². The van der Waals surface area contributed by atoms with Crippen LogP contribution in [0, 0.1) is 6.92 Å². The van der Waals surface area contributed by atoms with Gasteiger partial charge in [0.15, 0.2) is 0 Å². The topological polar surface area (TPSA) is 59.1 Å². The number of nitrogens with zero attached hydrogens (tertiary/aromatic N) is 2. The van der Waals surface area contributed by atoms with Crippen molar-refractivity contribution < 1.29 is 19.1 Å². The van der Waals surface area contributed by atoms with Gasteiger partial charge in [-0.25, -0.2) is 0 Å². The van der Waals surface area contributed by atoms with E-state index < -0.39 is 0 Å². The van der Waals surface area contributed by atoms with Gasteiger partial charge in [-0.1, -0.05) is 17.7 Å². The maximum Gasteiger partial charge on any atom is 0.253 e. The summed E-state index contributed by atoms with van der Waals surface area (Å²) in [5, 5.41) is 0. The summed E-state index contributed by atoms with van der Waals surface area (Å²) in [4.78, 5) is 28.9. The monoisotopic (exact) mass is 400 g/mol. The Morgan fingerprint density at radius 3 is 2.62 bits per heavy atom. The minimum Gasteiger partial charge on any atom is -0.375 e. The van der Waals surface area contributed by atoms with E-state index in [4.69, 9.17) is 9.47 Å². The molecule has 3 heterocycles. The molecule has 3 saturated heterocycles. The smallest absolute Gasteiger partial charge is 0.253 e. The second-order valence-electron chi connectivity index (χ2n) is 8.71. The Hall–Kier alpha value is -1.92. The van der Waals surface area contributed by atoms with Crippen molar-refractivity contribution in [3.63, 3.8) is 0 Å². The second-order valence-corrected chi connectivity index (χ2v) is 8.71. The SMILES string of the molecule is Cc1cccc(C(=O)N2CCC3(CC2)CC(OCC(=O)N2CCCC2)CCO3)c1. The van der Waals surface area contributed by atoms with Gasteiger partial charge in [0.1, 0.15) is 6.61 Å². The summed E-state index contributed by atoms with van der Waals surface area (Å²) in [5.74, 6) is 0.213. The minimum absolute atomic E-state index is 0.0642. The van der Waals surface area contributed by atoms with E-state index in [1.165, 1.54) is 0 Å². The van der Waals surface area contributed by atoms with Crippen molar-refractivity contribution in [2.24, 2.45) is 0 Å². The first kappa shape index (κ1) is 20.4. The number of rotatable bonds is 4. The van der Waals surface area contributed by atoms with Gasteiger partial charge >= 0.3 is 0 Å². The molecular weight excluding hydrogens is 368 g/mol. The molecule has 0 saturated carbocycles. The Morgan fingerprint density at radius 2 is 1.90 bits per heavy atom. The maximum atomic E-state index is 12.8. The predicted octanol–water partition coefficient (Wildman–Crippen LogP) is 2.79. The van der Waals surface area contributed by atoms with Crippen LogP contribution >= 0.6 is 0 Å². The summed E-state index contributed by atoms with van der Waals surface area (Å²) < 4.78 is 12.2.